The van der Waals surface area contributed by atoms with Gasteiger partial charge in [0.25, 0.3) is 0 Å². The third-order valence-corrected chi connectivity index (χ3v) is 4.24. The Morgan fingerprint density at radius 1 is 1.62 bits per heavy atom. The fourth-order valence-corrected chi connectivity index (χ4v) is 2.61. The lowest BCUT2D eigenvalue weighted by molar-refractivity contribution is 0.638. The van der Waals surface area contributed by atoms with Crippen LogP contribution < -0.4 is 4.72 Å². The SMILES string of the molecule is CC(C)(C)S(=O)NCC1=CSCC1. The second kappa shape index (κ2) is 4.62. The molecule has 0 spiro atoms. The molecule has 13 heavy (non-hydrogen) atoms. The van der Waals surface area contributed by atoms with Gasteiger partial charge in [0.1, 0.15) is 0 Å². The van der Waals surface area contributed by atoms with Crippen LogP contribution in [-0.2, 0) is 11.0 Å². The Labute approximate surface area is 87.1 Å². The van der Waals surface area contributed by atoms with Crippen LogP contribution in [0.5, 0.6) is 0 Å². The van der Waals surface area contributed by atoms with Gasteiger partial charge in [-0.3, -0.25) is 0 Å². The molecule has 0 radical (unpaired) electrons. The highest BCUT2D eigenvalue weighted by Gasteiger charge is 2.19. The average Bonchev–Trinajstić information content (AvgIpc) is 2.50. The summed E-state index contributed by atoms with van der Waals surface area (Å²) in [5.74, 6) is 1.18. The summed E-state index contributed by atoms with van der Waals surface area (Å²) in [7, 11) is -0.933. The highest BCUT2D eigenvalue weighted by Crippen LogP contribution is 2.21. The van der Waals surface area contributed by atoms with Crippen LogP contribution in [0.15, 0.2) is 11.0 Å². The van der Waals surface area contributed by atoms with E-state index in [2.05, 4.69) is 10.1 Å². The standard InChI is InChI=1S/C9H17NOS2/c1-9(2,3)13(11)10-6-8-4-5-12-7-8/h7,10H,4-6H2,1-3H3. The van der Waals surface area contributed by atoms with Crippen molar-refractivity contribution in [1.82, 2.24) is 4.72 Å². The van der Waals surface area contributed by atoms with Gasteiger partial charge in [-0.2, -0.15) is 0 Å². The van der Waals surface area contributed by atoms with Crippen LogP contribution in [0.25, 0.3) is 0 Å². The fraction of sp³-hybridized carbons (Fsp3) is 0.778. The molecule has 0 amide bonds. The zero-order chi connectivity index (χ0) is 9.90. The molecule has 0 aliphatic carbocycles. The van der Waals surface area contributed by atoms with Crippen molar-refractivity contribution in [2.24, 2.45) is 0 Å². The van der Waals surface area contributed by atoms with Gasteiger partial charge >= 0.3 is 0 Å². The summed E-state index contributed by atoms with van der Waals surface area (Å²) >= 11 is 1.84. The molecular formula is C9H17NOS2. The average molecular weight is 219 g/mol. The molecule has 0 bridgehead atoms. The van der Waals surface area contributed by atoms with E-state index in [1.807, 2.05) is 32.5 Å². The summed E-state index contributed by atoms with van der Waals surface area (Å²) in [6.45, 7) is 6.71. The Morgan fingerprint density at radius 3 is 2.77 bits per heavy atom. The van der Waals surface area contributed by atoms with Crippen molar-refractivity contribution in [3.8, 4) is 0 Å². The number of nitrogens with one attached hydrogen (secondary N) is 1. The molecule has 4 heteroatoms. The molecule has 1 unspecified atom stereocenters. The summed E-state index contributed by atoms with van der Waals surface area (Å²) in [5, 5.41) is 2.17. The van der Waals surface area contributed by atoms with Gasteiger partial charge in [0.2, 0.25) is 0 Å². The Bertz CT molecular complexity index is 230. The van der Waals surface area contributed by atoms with Crippen LogP contribution in [0.2, 0.25) is 0 Å². The van der Waals surface area contributed by atoms with E-state index >= 15 is 0 Å². The first-order chi connectivity index (χ1) is 6.00. The monoisotopic (exact) mass is 219 g/mol. The molecule has 1 aliphatic heterocycles. The van der Waals surface area contributed by atoms with E-state index in [-0.39, 0.29) is 4.75 Å². The Hall–Kier alpha value is 0.200. The summed E-state index contributed by atoms with van der Waals surface area (Å²) in [4.78, 5) is 0. The second-order valence-electron chi connectivity index (χ2n) is 4.10. The predicted molar refractivity (Wildman–Crippen MR) is 61.1 cm³/mol. The molecule has 1 heterocycles. The first kappa shape index (κ1) is 11.3. The molecule has 0 aromatic rings. The zero-order valence-electron chi connectivity index (χ0n) is 8.42. The van der Waals surface area contributed by atoms with Crippen LogP contribution in [-0.4, -0.2) is 21.3 Å². The van der Waals surface area contributed by atoms with E-state index < -0.39 is 11.0 Å². The zero-order valence-corrected chi connectivity index (χ0v) is 10.1. The van der Waals surface area contributed by atoms with Gasteiger partial charge in [0.05, 0.1) is 15.7 Å². The Kier molecular flexibility index (Phi) is 4.01. The van der Waals surface area contributed by atoms with Gasteiger partial charge in [0, 0.05) is 12.3 Å². The van der Waals surface area contributed by atoms with E-state index in [9.17, 15) is 4.21 Å². The number of hydrogen-bond acceptors (Lipinski definition) is 2. The maximum Gasteiger partial charge on any atom is 0.0973 e. The van der Waals surface area contributed by atoms with Crippen LogP contribution in [0, 0.1) is 0 Å². The number of hydrogen-bond donors (Lipinski definition) is 1. The van der Waals surface area contributed by atoms with Crippen LogP contribution in [0.1, 0.15) is 27.2 Å². The van der Waals surface area contributed by atoms with Crippen molar-refractivity contribution in [3.05, 3.63) is 11.0 Å². The molecule has 0 fully saturated rings. The minimum atomic E-state index is -0.933. The second-order valence-corrected chi connectivity index (χ2v) is 7.13. The Balaban J connectivity index is 2.30. The van der Waals surface area contributed by atoms with E-state index in [4.69, 9.17) is 0 Å². The maximum absolute atomic E-state index is 11.6. The molecular weight excluding hydrogens is 202 g/mol. The first-order valence-electron chi connectivity index (χ1n) is 4.45. The van der Waals surface area contributed by atoms with Gasteiger partial charge in [-0.15, -0.1) is 11.8 Å². The van der Waals surface area contributed by atoms with Gasteiger partial charge < -0.3 is 0 Å². The molecule has 0 aromatic carbocycles. The van der Waals surface area contributed by atoms with Gasteiger partial charge in [-0.25, -0.2) is 8.93 Å². The quantitative estimate of drug-likeness (QED) is 0.787. The molecule has 76 valence electrons. The van der Waals surface area contributed by atoms with E-state index in [1.54, 1.807) is 0 Å². The van der Waals surface area contributed by atoms with Gasteiger partial charge in [0.15, 0.2) is 0 Å². The minimum absolute atomic E-state index is 0.160. The van der Waals surface area contributed by atoms with Crippen molar-refractivity contribution < 1.29 is 4.21 Å². The van der Waals surface area contributed by atoms with E-state index in [0.29, 0.717) is 0 Å². The predicted octanol–water partition coefficient (Wildman–Crippen LogP) is 2.06. The van der Waals surface area contributed by atoms with E-state index in [0.717, 1.165) is 13.0 Å². The van der Waals surface area contributed by atoms with Crippen molar-refractivity contribution in [2.75, 3.05) is 12.3 Å². The molecule has 0 aromatic heterocycles. The van der Waals surface area contributed by atoms with Crippen molar-refractivity contribution >= 4 is 22.7 Å². The molecule has 1 N–H and O–H groups in total. The summed E-state index contributed by atoms with van der Waals surface area (Å²) in [6.07, 6.45) is 1.14. The van der Waals surface area contributed by atoms with Crippen LogP contribution >= 0.6 is 11.8 Å². The lowest BCUT2D eigenvalue weighted by atomic mass is 10.2. The third kappa shape index (κ3) is 3.83. The summed E-state index contributed by atoms with van der Waals surface area (Å²) in [6, 6.07) is 0. The van der Waals surface area contributed by atoms with E-state index in [1.165, 1.54) is 11.3 Å². The molecule has 1 atom stereocenters. The van der Waals surface area contributed by atoms with Gasteiger partial charge in [-0.1, -0.05) is 0 Å². The number of rotatable bonds is 3. The third-order valence-electron chi connectivity index (χ3n) is 1.78. The smallest absolute Gasteiger partial charge is 0.0973 e. The minimum Gasteiger partial charge on any atom is -0.242 e. The highest BCUT2D eigenvalue weighted by molar-refractivity contribution is 8.02. The highest BCUT2D eigenvalue weighted by atomic mass is 32.2. The molecule has 0 saturated carbocycles. The van der Waals surface area contributed by atoms with Crippen molar-refractivity contribution in [2.45, 2.75) is 31.9 Å². The fourth-order valence-electron chi connectivity index (χ4n) is 0.931. The lowest BCUT2D eigenvalue weighted by Gasteiger charge is -2.18. The van der Waals surface area contributed by atoms with Crippen molar-refractivity contribution in [3.63, 3.8) is 0 Å². The lowest BCUT2D eigenvalue weighted by Crippen LogP contribution is -2.34. The topological polar surface area (TPSA) is 29.1 Å². The Morgan fingerprint density at radius 2 is 2.31 bits per heavy atom. The summed E-state index contributed by atoms with van der Waals surface area (Å²) < 4.78 is 14.5. The van der Waals surface area contributed by atoms with Crippen LogP contribution in [0.3, 0.4) is 0 Å². The molecule has 2 nitrogen and oxygen atoms in total. The summed E-state index contributed by atoms with van der Waals surface area (Å²) in [5.41, 5.74) is 1.38. The molecule has 1 rings (SSSR count). The first-order valence-corrected chi connectivity index (χ1v) is 6.65. The maximum atomic E-state index is 11.6. The number of thioether (sulfide) groups is 1. The molecule has 1 aliphatic rings. The van der Waals surface area contributed by atoms with Crippen molar-refractivity contribution in [1.29, 1.82) is 0 Å². The largest absolute Gasteiger partial charge is 0.242 e. The van der Waals surface area contributed by atoms with Crippen LogP contribution in [0.4, 0.5) is 0 Å². The molecule has 0 saturated heterocycles. The normalized spacial score (nSPS) is 20.1. The van der Waals surface area contributed by atoms with Gasteiger partial charge in [-0.05, 0) is 38.2 Å².